The standard InChI is InChI=1S/C36H62O8/c1-20(2)10-9-14-36(8,42)21-11-16-35(7)27(21)22(38)18-25-33(5)15-13-26(32(3,4)24(33)12-17-34(25,35)6)44-31-30(41)29(40)28(39)23(19-37)43-31/h10,21-31,37-42H,9,11-19H2,1-8H3/t21-,22-,23+,24?,25?,26+,27+,28+,29-,30+,31-,33-,34+,35-,36+/m0/s1. The summed E-state index contributed by atoms with van der Waals surface area (Å²) in [6.07, 6.45) is 3.15. The summed E-state index contributed by atoms with van der Waals surface area (Å²) in [6.45, 7) is 17.5. The van der Waals surface area contributed by atoms with Crippen LogP contribution in [0.15, 0.2) is 11.6 Å². The van der Waals surface area contributed by atoms with E-state index in [1.165, 1.54) is 5.57 Å². The topological polar surface area (TPSA) is 140 Å². The van der Waals surface area contributed by atoms with Gasteiger partial charge in [-0.25, -0.2) is 0 Å². The van der Waals surface area contributed by atoms with Crippen LogP contribution in [0.2, 0.25) is 0 Å². The average molecular weight is 623 g/mol. The Balaban J connectivity index is 1.37. The fraction of sp³-hybridized carbons (Fsp3) is 0.944. The first-order valence-electron chi connectivity index (χ1n) is 17.3. The van der Waals surface area contributed by atoms with Crippen LogP contribution in [0.25, 0.3) is 0 Å². The second-order valence-corrected chi connectivity index (χ2v) is 17.3. The molecule has 8 nitrogen and oxygen atoms in total. The van der Waals surface area contributed by atoms with E-state index in [0.717, 1.165) is 51.4 Å². The summed E-state index contributed by atoms with van der Waals surface area (Å²) < 4.78 is 12.2. The number of hydrogen-bond acceptors (Lipinski definition) is 8. The summed E-state index contributed by atoms with van der Waals surface area (Å²) in [6, 6.07) is 0. The van der Waals surface area contributed by atoms with Crippen molar-refractivity contribution in [3.05, 3.63) is 11.6 Å². The van der Waals surface area contributed by atoms with Crippen molar-refractivity contribution in [2.45, 2.75) is 162 Å². The lowest BCUT2D eigenvalue weighted by Gasteiger charge is -2.70. The largest absolute Gasteiger partial charge is 0.394 e. The maximum atomic E-state index is 12.0. The van der Waals surface area contributed by atoms with Gasteiger partial charge in [0.2, 0.25) is 0 Å². The highest BCUT2D eigenvalue weighted by molar-refractivity contribution is 5.20. The minimum Gasteiger partial charge on any atom is -0.394 e. The zero-order valence-electron chi connectivity index (χ0n) is 28.5. The Morgan fingerprint density at radius 1 is 0.886 bits per heavy atom. The number of allylic oxidation sites excluding steroid dienone is 2. The third-order valence-corrected chi connectivity index (χ3v) is 14.5. The Kier molecular flexibility index (Phi) is 9.35. The third-order valence-electron chi connectivity index (χ3n) is 14.5. The van der Waals surface area contributed by atoms with Gasteiger partial charge in [-0.15, -0.1) is 0 Å². The monoisotopic (exact) mass is 622 g/mol. The molecule has 1 heterocycles. The van der Waals surface area contributed by atoms with Crippen molar-refractivity contribution in [1.29, 1.82) is 0 Å². The van der Waals surface area contributed by atoms with E-state index in [-0.39, 0.29) is 39.6 Å². The van der Waals surface area contributed by atoms with Gasteiger partial charge in [0.15, 0.2) is 6.29 Å². The van der Waals surface area contributed by atoms with Crippen LogP contribution in [0, 0.1) is 45.3 Å². The Morgan fingerprint density at radius 3 is 2.18 bits per heavy atom. The first kappa shape index (κ1) is 34.7. The molecule has 2 unspecified atom stereocenters. The Morgan fingerprint density at radius 2 is 1.55 bits per heavy atom. The minimum atomic E-state index is -1.46. The van der Waals surface area contributed by atoms with Crippen molar-refractivity contribution in [1.82, 2.24) is 0 Å². The molecule has 5 fully saturated rings. The highest BCUT2D eigenvalue weighted by Gasteiger charge is 2.71. The quantitative estimate of drug-likeness (QED) is 0.182. The third kappa shape index (κ3) is 5.26. The molecule has 0 aromatic heterocycles. The van der Waals surface area contributed by atoms with Gasteiger partial charge >= 0.3 is 0 Å². The van der Waals surface area contributed by atoms with E-state index >= 15 is 0 Å². The van der Waals surface area contributed by atoms with Gasteiger partial charge < -0.3 is 40.1 Å². The van der Waals surface area contributed by atoms with Gasteiger partial charge in [-0.3, -0.25) is 0 Å². The summed E-state index contributed by atoms with van der Waals surface area (Å²) in [7, 11) is 0. The van der Waals surface area contributed by atoms with Crippen molar-refractivity contribution in [3.63, 3.8) is 0 Å². The normalized spacial score (nSPS) is 51.5. The zero-order chi connectivity index (χ0) is 32.6. The zero-order valence-corrected chi connectivity index (χ0v) is 28.5. The summed E-state index contributed by atoms with van der Waals surface area (Å²) in [5, 5.41) is 64.8. The van der Waals surface area contributed by atoms with Crippen LogP contribution >= 0.6 is 0 Å². The van der Waals surface area contributed by atoms with Crippen molar-refractivity contribution in [3.8, 4) is 0 Å². The van der Waals surface area contributed by atoms with Gasteiger partial charge in [0.1, 0.15) is 24.4 Å². The number of fused-ring (bicyclic) bond motifs is 5. The lowest BCUT2D eigenvalue weighted by atomic mass is 9.35. The molecule has 0 aromatic rings. The summed E-state index contributed by atoms with van der Waals surface area (Å²) in [5.74, 6) is 0.792. The van der Waals surface area contributed by atoms with Gasteiger partial charge in [-0.2, -0.15) is 0 Å². The second-order valence-electron chi connectivity index (χ2n) is 17.3. The van der Waals surface area contributed by atoms with Crippen LogP contribution in [-0.2, 0) is 9.47 Å². The highest BCUT2D eigenvalue weighted by atomic mass is 16.7. The molecule has 0 bridgehead atoms. The van der Waals surface area contributed by atoms with Crippen LogP contribution < -0.4 is 0 Å². The van der Waals surface area contributed by atoms with E-state index in [9.17, 15) is 30.6 Å². The number of hydrogen-bond donors (Lipinski definition) is 6. The molecule has 0 aromatic carbocycles. The number of rotatable bonds is 7. The molecule has 1 saturated heterocycles. The minimum absolute atomic E-state index is 0.0231. The number of ether oxygens (including phenoxy) is 2. The fourth-order valence-electron chi connectivity index (χ4n) is 11.9. The number of aliphatic hydroxyl groups excluding tert-OH is 5. The van der Waals surface area contributed by atoms with E-state index in [1.54, 1.807) is 0 Å². The van der Waals surface area contributed by atoms with Gasteiger partial charge in [-0.1, -0.05) is 46.3 Å². The van der Waals surface area contributed by atoms with E-state index in [2.05, 4.69) is 54.5 Å². The van der Waals surface area contributed by atoms with Crippen molar-refractivity contribution in [2.24, 2.45) is 45.3 Å². The second kappa shape index (κ2) is 11.8. The molecule has 1 aliphatic heterocycles. The lowest BCUT2D eigenvalue weighted by molar-refractivity contribution is -0.332. The fourth-order valence-corrected chi connectivity index (χ4v) is 11.9. The maximum absolute atomic E-state index is 12.0. The van der Waals surface area contributed by atoms with Crippen molar-refractivity contribution in [2.75, 3.05) is 6.61 Å². The molecule has 6 N–H and O–H groups in total. The maximum Gasteiger partial charge on any atom is 0.186 e. The molecule has 8 heteroatoms. The molecular formula is C36H62O8. The van der Waals surface area contributed by atoms with E-state index in [4.69, 9.17) is 9.47 Å². The van der Waals surface area contributed by atoms with Crippen LogP contribution in [-0.4, -0.2) is 85.8 Å². The molecule has 5 aliphatic rings. The Bertz CT molecular complexity index is 1070. The van der Waals surface area contributed by atoms with Crippen LogP contribution in [0.5, 0.6) is 0 Å². The number of aliphatic hydroxyl groups is 6. The van der Waals surface area contributed by atoms with Gasteiger partial charge in [0, 0.05) is 0 Å². The molecule has 5 rings (SSSR count). The average Bonchev–Trinajstić information content (AvgIpc) is 3.32. The SMILES string of the molecule is CC(C)=CCC[C@@](C)(O)[C@H]1CC[C@@]2(C)[C@H]1[C@@H](O)CC1[C@@]3(C)CC[C@@H](O[C@@H]4O[C@H](CO)[C@@H](O)[C@H](O)[C@H]4O)C(C)(C)C3CC[C@]12C. The van der Waals surface area contributed by atoms with E-state index in [1.807, 2.05) is 6.92 Å². The molecule has 4 saturated carbocycles. The molecule has 44 heavy (non-hydrogen) atoms. The van der Waals surface area contributed by atoms with Crippen molar-refractivity contribution < 1.29 is 40.1 Å². The summed E-state index contributed by atoms with van der Waals surface area (Å²) >= 11 is 0. The van der Waals surface area contributed by atoms with Crippen LogP contribution in [0.3, 0.4) is 0 Å². The molecule has 4 aliphatic carbocycles. The first-order valence-corrected chi connectivity index (χ1v) is 17.3. The molecular weight excluding hydrogens is 560 g/mol. The molecule has 0 spiro atoms. The molecule has 0 amide bonds. The smallest absolute Gasteiger partial charge is 0.186 e. The predicted molar refractivity (Wildman–Crippen MR) is 168 cm³/mol. The highest BCUT2D eigenvalue weighted by Crippen LogP contribution is 2.76. The molecule has 254 valence electrons. The van der Waals surface area contributed by atoms with E-state index < -0.39 is 49.0 Å². The predicted octanol–water partition coefficient (Wildman–Crippen LogP) is 4.32. The first-order chi connectivity index (χ1) is 20.3. The molecule has 0 radical (unpaired) electrons. The Labute approximate surface area is 265 Å². The summed E-state index contributed by atoms with van der Waals surface area (Å²) in [4.78, 5) is 0. The van der Waals surface area contributed by atoms with Crippen LogP contribution in [0.1, 0.15) is 113 Å². The van der Waals surface area contributed by atoms with Crippen LogP contribution in [0.4, 0.5) is 0 Å². The Hall–Kier alpha value is -0.580. The summed E-state index contributed by atoms with van der Waals surface area (Å²) in [5.41, 5.74) is 0.122. The lowest BCUT2D eigenvalue weighted by Crippen LogP contribution is -2.67. The van der Waals surface area contributed by atoms with Gasteiger partial charge in [-0.05, 0) is 124 Å². The van der Waals surface area contributed by atoms with E-state index in [0.29, 0.717) is 18.3 Å². The van der Waals surface area contributed by atoms with Gasteiger partial charge in [0.25, 0.3) is 0 Å². The van der Waals surface area contributed by atoms with Crippen molar-refractivity contribution >= 4 is 0 Å². The molecule has 15 atom stereocenters. The van der Waals surface area contributed by atoms with Gasteiger partial charge in [0.05, 0.1) is 24.4 Å².